The molecule has 292 valence electrons. The standard InChI is InChI=1S/C59H39NO2/c1-59(2)51-25-12-10-19-43(51)44-32-31-39(33-52(44)59)60(38-29-27-37(28-30-38)40-23-14-24-48-45-20-11-13-26-54(45)61-57(40)48)53-35-55-50(34-49(53)36-15-4-3-5-16-36)56-46-21-8-6-17-41(46)42-18-7-9-22-47(42)58(56)62-55/h3-35H,1-2H3. The van der Waals surface area contributed by atoms with Crippen molar-refractivity contribution in [2.75, 3.05) is 4.90 Å². The molecular formula is C59H39NO2. The van der Waals surface area contributed by atoms with Gasteiger partial charge in [-0.1, -0.05) is 172 Å². The zero-order chi connectivity index (χ0) is 41.1. The minimum atomic E-state index is -0.171. The highest BCUT2D eigenvalue weighted by molar-refractivity contribution is 6.30. The van der Waals surface area contributed by atoms with Crippen LogP contribution < -0.4 is 4.90 Å². The number of benzene rings is 10. The lowest BCUT2D eigenvalue weighted by Gasteiger charge is -2.30. The van der Waals surface area contributed by atoms with Crippen molar-refractivity contribution in [3.05, 3.63) is 211 Å². The molecule has 0 unspecified atom stereocenters. The van der Waals surface area contributed by atoms with Crippen LogP contribution in [0.1, 0.15) is 25.0 Å². The minimum Gasteiger partial charge on any atom is -0.455 e. The molecule has 0 fully saturated rings. The first kappa shape index (κ1) is 34.9. The average Bonchev–Trinajstić information content (AvgIpc) is 3.97. The van der Waals surface area contributed by atoms with Gasteiger partial charge < -0.3 is 13.7 Å². The number of hydrogen-bond donors (Lipinski definition) is 0. The second-order valence-corrected chi connectivity index (χ2v) is 17.2. The minimum absolute atomic E-state index is 0.171. The quantitative estimate of drug-likeness (QED) is 0.163. The van der Waals surface area contributed by atoms with Gasteiger partial charge in [0.25, 0.3) is 0 Å². The van der Waals surface area contributed by atoms with Crippen molar-refractivity contribution in [3.63, 3.8) is 0 Å². The van der Waals surface area contributed by atoms with Gasteiger partial charge in [0.15, 0.2) is 0 Å². The molecule has 62 heavy (non-hydrogen) atoms. The summed E-state index contributed by atoms with van der Waals surface area (Å²) in [6.45, 7) is 4.70. The molecule has 0 saturated carbocycles. The second-order valence-electron chi connectivity index (χ2n) is 17.2. The zero-order valence-corrected chi connectivity index (χ0v) is 34.3. The summed E-state index contributed by atoms with van der Waals surface area (Å²) < 4.78 is 13.6. The van der Waals surface area contributed by atoms with Crippen molar-refractivity contribution < 1.29 is 8.83 Å². The fraction of sp³-hybridized carbons (Fsp3) is 0.0508. The largest absolute Gasteiger partial charge is 0.455 e. The van der Waals surface area contributed by atoms with Crippen LogP contribution in [0, 0.1) is 0 Å². The maximum absolute atomic E-state index is 7.08. The molecule has 1 aliphatic carbocycles. The maximum atomic E-state index is 7.08. The third kappa shape index (κ3) is 5.00. The van der Waals surface area contributed by atoms with Crippen LogP contribution in [0.25, 0.3) is 98.8 Å². The molecule has 13 rings (SSSR count). The van der Waals surface area contributed by atoms with Gasteiger partial charge in [0, 0.05) is 60.9 Å². The zero-order valence-electron chi connectivity index (χ0n) is 34.3. The Kier molecular flexibility index (Phi) is 7.36. The van der Waals surface area contributed by atoms with Crippen LogP contribution in [0.4, 0.5) is 17.1 Å². The topological polar surface area (TPSA) is 29.5 Å². The average molecular weight is 794 g/mol. The monoisotopic (exact) mass is 793 g/mol. The number of para-hydroxylation sites is 2. The Morgan fingerprint density at radius 1 is 0.355 bits per heavy atom. The van der Waals surface area contributed by atoms with E-state index in [9.17, 15) is 0 Å². The molecule has 0 saturated heterocycles. The van der Waals surface area contributed by atoms with Crippen LogP contribution in [0.3, 0.4) is 0 Å². The van der Waals surface area contributed by atoms with Gasteiger partial charge in [-0.2, -0.15) is 0 Å². The first-order chi connectivity index (χ1) is 30.5. The smallest absolute Gasteiger partial charge is 0.143 e. The van der Waals surface area contributed by atoms with E-state index in [-0.39, 0.29) is 5.41 Å². The van der Waals surface area contributed by atoms with Gasteiger partial charge in [-0.25, -0.2) is 0 Å². The summed E-state index contributed by atoms with van der Waals surface area (Å²) in [5, 5.41) is 9.23. The van der Waals surface area contributed by atoms with E-state index in [2.05, 4.69) is 207 Å². The molecule has 3 nitrogen and oxygen atoms in total. The van der Waals surface area contributed by atoms with Gasteiger partial charge in [-0.05, 0) is 85.9 Å². The highest BCUT2D eigenvalue weighted by Crippen LogP contribution is 2.52. The van der Waals surface area contributed by atoms with Crippen molar-refractivity contribution in [2.24, 2.45) is 0 Å². The van der Waals surface area contributed by atoms with Crippen LogP contribution in [0.15, 0.2) is 209 Å². The number of rotatable bonds is 5. The third-order valence-electron chi connectivity index (χ3n) is 13.5. The van der Waals surface area contributed by atoms with Gasteiger partial charge in [-0.15, -0.1) is 0 Å². The lowest BCUT2D eigenvalue weighted by molar-refractivity contribution is 0.660. The van der Waals surface area contributed by atoms with E-state index in [1.165, 1.54) is 38.4 Å². The van der Waals surface area contributed by atoms with E-state index in [0.717, 1.165) is 88.6 Å². The van der Waals surface area contributed by atoms with Crippen LogP contribution in [0.2, 0.25) is 0 Å². The molecule has 1 aliphatic rings. The Balaban J connectivity index is 1.08. The fourth-order valence-electron chi connectivity index (χ4n) is 10.5. The lowest BCUT2D eigenvalue weighted by Crippen LogP contribution is -2.17. The Labute approximate surface area is 358 Å². The highest BCUT2D eigenvalue weighted by atomic mass is 16.3. The molecule has 0 amide bonds. The lowest BCUT2D eigenvalue weighted by atomic mass is 9.82. The maximum Gasteiger partial charge on any atom is 0.143 e. The summed E-state index contributed by atoms with van der Waals surface area (Å²) in [4.78, 5) is 2.43. The van der Waals surface area contributed by atoms with Crippen molar-refractivity contribution in [1.82, 2.24) is 0 Å². The number of hydrogen-bond acceptors (Lipinski definition) is 3. The van der Waals surface area contributed by atoms with Gasteiger partial charge >= 0.3 is 0 Å². The third-order valence-corrected chi connectivity index (χ3v) is 13.5. The van der Waals surface area contributed by atoms with E-state index in [1.807, 2.05) is 12.1 Å². The van der Waals surface area contributed by atoms with E-state index < -0.39 is 0 Å². The molecule has 0 radical (unpaired) electrons. The molecular weight excluding hydrogens is 755 g/mol. The predicted octanol–water partition coefficient (Wildman–Crippen LogP) is 16.9. The Bertz CT molecular complexity index is 3780. The van der Waals surface area contributed by atoms with Crippen molar-refractivity contribution >= 4 is 82.5 Å². The first-order valence-corrected chi connectivity index (χ1v) is 21.4. The van der Waals surface area contributed by atoms with Crippen molar-refractivity contribution in [1.29, 1.82) is 0 Å². The van der Waals surface area contributed by atoms with E-state index in [0.29, 0.717) is 0 Å². The number of furan rings is 2. The number of fused-ring (bicyclic) bond motifs is 14. The Hall–Kier alpha value is -7.88. The summed E-state index contributed by atoms with van der Waals surface area (Å²) in [6.07, 6.45) is 0. The normalized spacial score (nSPS) is 13.1. The van der Waals surface area contributed by atoms with E-state index in [1.54, 1.807) is 0 Å². The summed E-state index contributed by atoms with van der Waals surface area (Å²) in [5.41, 5.74) is 16.3. The van der Waals surface area contributed by atoms with Crippen LogP contribution in [-0.4, -0.2) is 0 Å². The molecule has 12 aromatic rings. The SMILES string of the molecule is CC1(C)c2ccccc2-c2ccc(N(c3ccc(-c4cccc5c4oc4ccccc45)cc3)c3cc4oc5c6ccccc6c6ccccc6c5c4cc3-c3ccccc3)cc21. The van der Waals surface area contributed by atoms with E-state index in [4.69, 9.17) is 8.83 Å². The molecule has 0 spiro atoms. The number of anilines is 3. The Morgan fingerprint density at radius 2 is 0.935 bits per heavy atom. The van der Waals surface area contributed by atoms with Crippen LogP contribution >= 0.6 is 0 Å². The molecule has 2 aromatic heterocycles. The van der Waals surface area contributed by atoms with Crippen LogP contribution in [-0.2, 0) is 5.41 Å². The van der Waals surface area contributed by atoms with Gasteiger partial charge in [0.2, 0.25) is 0 Å². The first-order valence-electron chi connectivity index (χ1n) is 21.4. The summed E-state index contributed by atoms with van der Waals surface area (Å²) in [5.74, 6) is 0. The molecule has 0 atom stereocenters. The van der Waals surface area contributed by atoms with Crippen molar-refractivity contribution in [2.45, 2.75) is 19.3 Å². The van der Waals surface area contributed by atoms with Gasteiger partial charge in [0.1, 0.15) is 22.3 Å². The van der Waals surface area contributed by atoms with E-state index >= 15 is 0 Å². The van der Waals surface area contributed by atoms with Gasteiger partial charge in [0.05, 0.1) is 5.69 Å². The van der Waals surface area contributed by atoms with Gasteiger partial charge in [-0.3, -0.25) is 0 Å². The Morgan fingerprint density at radius 3 is 1.76 bits per heavy atom. The summed E-state index contributed by atoms with van der Waals surface area (Å²) >= 11 is 0. The molecule has 2 heterocycles. The molecule has 0 aliphatic heterocycles. The molecule has 0 N–H and O–H groups in total. The second kappa shape index (κ2) is 13.1. The van der Waals surface area contributed by atoms with Crippen molar-refractivity contribution in [3.8, 4) is 33.4 Å². The highest BCUT2D eigenvalue weighted by Gasteiger charge is 2.36. The number of nitrogens with zero attached hydrogens (tertiary/aromatic N) is 1. The van der Waals surface area contributed by atoms with Crippen LogP contribution in [0.5, 0.6) is 0 Å². The molecule has 3 heteroatoms. The summed E-state index contributed by atoms with van der Waals surface area (Å²) in [6, 6.07) is 72.4. The summed E-state index contributed by atoms with van der Waals surface area (Å²) in [7, 11) is 0. The fourth-order valence-corrected chi connectivity index (χ4v) is 10.5. The molecule has 10 aromatic carbocycles. The predicted molar refractivity (Wildman–Crippen MR) is 259 cm³/mol. The molecule has 0 bridgehead atoms.